The summed E-state index contributed by atoms with van der Waals surface area (Å²) in [4.78, 5) is 10.2. The zero-order valence-electron chi connectivity index (χ0n) is 6.43. The van der Waals surface area contributed by atoms with Gasteiger partial charge in [0.2, 0.25) is 0 Å². The summed E-state index contributed by atoms with van der Waals surface area (Å²) >= 11 is 0. The minimum absolute atomic E-state index is 0.0723. The second kappa shape index (κ2) is 3.08. The minimum atomic E-state index is -4.47. The third-order valence-electron chi connectivity index (χ3n) is 1.44. The molecule has 2 N–H and O–H groups in total. The Morgan fingerprint density at radius 3 is 2.31 bits per heavy atom. The number of carbonyl (C=O) groups is 1. The van der Waals surface area contributed by atoms with Gasteiger partial charge in [-0.15, -0.1) is 0 Å². The van der Waals surface area contributed by atoms with Crippen LogP contribution in [0.3, 0.4) is 0 Å². The number of benzene rings is 1. The van der Waals surface area contributed by atoms with Crippen molar-refractivity contribution in [2.24, 2.45) is 0 Å². The lowest BCUT2D eigenvalue weighted by Gasteiger charge is -2.07. The highest BCUT2D eigenvalue weighted by molar-refractivity contribution is 5.77. The molecule has 1 aromatic rings. The van der Waals surface area contributed by atoms with E-state index < -0.39 is 11.7 Å². The second-order valence-electron chi connectivity index (χ2n) is 2.50. The van der Waals surface area contributed by atoms with E-state index in [1.165, 1.54) is 6.07 Å². The van der Waals surface area contributed by atoms with E-state index in [0.717, 1.165) is 12.1 Å². The third-order valence-corrected chi connectivity index (χ3v) is 1.44. The highest BCUT2D eigenvalue weighted by atomic mass is 19.4. The second-order valence-corrected chi connectivity index (χ2v) is 2.50. The molecule has 0 spiro atoms. The minimum Gasteiger partial charge on any atom is -0.399 e. The predicted octanol–water partition coefficient (Wildman–Crippen LogP) is 2.10. The highest BCUT2D eigenvalue weighted by Crippen LogP contribution is 2.30. The first-order chi connectivity index (χ1) is 5.93. The largest absolute Gasteiger partial charge is 0.416 e. The summed E-state index contributed by atoms with van der Waals surface area (Å²) in [5.74, 6) is 0. The number of alkyl halides is 3. The number of anilines is 1. The Morgan fingerprint density at radius 2 is 1.85 bits per heavy atom. The van der Waals surface area contributed by atoms with Crippen molar-refractivity contribution < 1.29 is 18.0 Å². The van der Waals surface area contributed by atoms with Gasteiger partial charge in [-0.25, -0.2) is 0 Å². The fourth-order valence-corrected chi connectivity index (χ4v) is 0.908. The molecule has 70 valence electrons. The molecule has 0 saturated carbocycles. The summed E-state index contributed by atoms with van der Waals surface area (Å²) in [6.07, 6.45) is -4.14. The van der Waals surface area contributed by atoms with Gasteiger partial charge in [0.05, 0.1) is 5.56 Å². The topological polar surface area (TPSA) is 43.1 Å². The lowest BCUT2D eigenvalue weighted by molar-refractivity contribution is -0.137. The summed E-state index contributed by atoms with van der Waals surface area (Å²) in [6.45, 7) is 0. The van der Waals surface area contributed by atoms with Crippen LogP contribution in [0.25, 0.3) is 0 Å². The van der Waals surface area contributed by atoms with Crippen molar-refractivity contribution >= 4 is 12.0 Å². The van der Waals surface area contributed by atoms with Crippen LogP contribution in [-0.4, -0.2) is 6.29 Å². The van der Waals surface area contributed by atoms with Crippen LogP contribution < -0.4 is 5.73 Å². The lowest BCUT2D eigenvalue weighted by Crippen LogP contribution is -2.06. The molecule has 1 aromatic carbocycles. The predicted molar refractivity (Wildman–Crippen MR) is 41.2 cm³/mol. The number of aldehydes is 1. The normalized spacial score (nSPS) is 11.3. The monoisotopic (exact) mass is 189 g/mol. The standard InChI is InChI=1S/C8H6F3NO/c9-8(10,11)6-1-5(4-13)2-7(12)3-6/h1-4H,12H2. The smallest absolute Gasteiger partial charge is 0.399 e. The Kier molecular flexibility index (Phi) is 2.27. The van der Waals surface area contributed by atoms with Gasteiger partial charge in [0.1, 0.15) is 6.29 Å². The van der Waals surface area contributed by atoms with Crippen molar-refractivity contribution in [2.75, 3.05) is 5.73 Å². The Morgan fingerprint density at radius 1 is 1.23 bits per heavy atom. The van der Waals surface area contributed by atoms with Crippen LogP contribution in [0.15, 0.2) is 18.2 Å². The molecule has 0 fully saturated rings. The van der Waals surface area contributed by atoms with Gasteiger partial charge in [-0.3, -0.25) is 4.79 Å². The summed E-state index contributed by atoms with van der Waals surface area (Å²) in [5.41, 5.74) is 4.12. The Bertz CT molecular complexity index is 333. The van der Waals surface area contributed by atoms with Crippen molar-refractivity contribution in [3.8, 4) is 0 Å². The SMILES string of the molecule is Nc1cc(C=O)cc(C(F)(F)F)c1. The molecule has 0 aliphatic carbocycles. The van der Waals surface area contributed by atoms with Gasteiger partial charge >= 0.3 is 6.18 Å². The van der Waals surface area contributed by atoms with Crippen LogP contribution in [-0.2, 0) is 6.18 Å². The van der Waals surface area contributed by atoms with E-state index in [0.29, 0.717) is 6.29 Å². The molecule has 0 bridgehead atoms. The van der Waals surface area contributed by atoms with Crippen LogP contribution in [0.2, 0.25) is 0 Å². The number of nitrogens with two attached hydrogens (primary N) is 1. The molecule has 0 aliphatic heterocycles. The average Bonchev–Trinajstić information content (AvgIpc) is 2.01. The maximum atomic E-state index is 12.1. The first kappa shape index (κ1) is 9.57. The molecule has 2 nitrogen and oxygen atoms in total. The fraction of sp³-hybridized carbons (Fsp3) is 0.125. The number of halogens is 3. The van der Waals surface area contributed by atoms with Crippen LogP contribution in [0, 0.1) is 0 Å². The molecule has 0 aliphatic rings. The Balaban J connectivity index is 3.24. The Hall–Kier alpha value is -1.52. The number of hydrogen-bond acceptors (Lipinski definition) is 2. The molecule has 0 amide bonds. The van der Waals surface area contributed by atoms with E-state index in [2.05, 4.69) is 0 Å². The molecular weight excluding hydrogens is 183 g/mol. The molecule has 13 heavy (non-hydrogen) atoms. The van der Waals surface area contributed by atoms with Crippen molar-refractivity contribution in [2.45, 2.75) is 6.18 Å². The highest BCUT2D eigenvalue weighted by Gasteiger charge is 2.30. The summed E-state index contributed by atoms with van der Waals surface area (Å²) in [5, 5.41) is 0. The number of nitrogen functional groups attached to an aromatic ring is 1. The van der Waals surface area contributed by atoms with Gasteiger partial charge in [0, 0.05) is 11.3 Å². The molecule has 0 unspecified atom stereocenters. The number of carbonyl (C=O) groups excluding carboxylic acids is 1. The van der Waals surface area contributed by atoms with Gasteiger partial charge in [-0.05, 0) is 18.2 Å². The van der Waals surface area contributed by atoms with Crippen LogP contribution in [0.5, 0.6) is 0 Å². The summed E-state index contributed by atoms with van der Waals surface area (Å²) in [6, 6.07) is 2.72. The van der Waals surface area contributed by atoms with Crippen molar-refractivity contribution in [3.63, 3.8) is 0 Å². The summed E-state index contributed by atoms with van der Waals surface area (Å²) < 4.78 is 36.3. The summed E-state index contributed by atoms with van der Waals surface area (Å²) in [7, 11) is 0. The van der Waals surface area contributed by atoms with Gasteiger partial charge in [-0.1, -0.05) is 0 Å². The fourth-order valence-electron chi connectivity index (χ4n) is 0.908. The molecule has 0 saturated heterocycles. The average molecular weight is 189 g/mol. The maximum absolute atomic E-state index is 12.1. The number of rotatable bonds is 1. The number of hydrogen-bond donors (Lipinski definition) is 1. The van der Waals surface area contributed by atoms with Gasteiger partial charge in [0.15, 0.2) is 0 Å². The lowest BCUT2D eigenvalue weighted by atomic mass is 10.1. The molecule has 0 heterocycles. The van der Waals surface area contributed by atoms with Gasteiger partial charge in [0.25, 0.3) is 0 Å². The van der Waals surface area contributed by atoms with E-state index in [-0.39, 0.29) is 11.3 Å². The van der Waals surface area contributed by atoms with E-state index in [1.54, 1.807) is 0 Å². The molecule has 0 aromatic heterocycles. The van der Waals surface area contributed by atoms with Gasteiger partial charge in [-0.2, -0.15) is 13.2 Å². The maximum Gasteiger partial charge on any atom is 0.416 e. The Labute approximate surface area is 72.2 Å². The van der Waals surface area contributed by atoms with E-state index in [1.807, 2.05) is 0 Å². The van der Waals surface area contributed by atoms with Crippen molar-refractivity contribution in [3.05, 3.63) is 29.3 Å². The van der Waals surface area contributed by atoms with E-state index in [9.17, 15) is 18.0 Å². The zero-order valence-corrected chi connectivity index (χ0v) is 6.43. The molecular formula is C8H6F3NO. The zero-order chi connectivity index (χ0) is 10.1. The molecule has 0 atom stereocenters. The van der Waals surface area contributed by atoms with Crippen LogP contribution >= 0.6 is 0 Å². The first-order valence-electron chi connectivity index (χ1n) is 3.36. The molecule has 1 rings (SSSR count). The third kappa shape index (κ3) is 2.21. The first-order valence-corrected chi connectivity index (χ1v) is 3.36. The molecule has 5 heteroatoms. The van der Waals surface area contributed by atoms with Gasteiger partial charge < -0.3 is 5.73 Å². The van der Waals surface area contributed by atoms with E-state index >= 15 is 0 Å². The molecule has 0 radical (unpaired) electrons. The van der Waals surface area contributed by atoms with Crippen LogP contribution in [0.1, 0.15) is 15.9 Å². The quantitative estimate of drug-likeness (QED) is 0.543. The van der Waals surface area contributed by atoms with Crippen LogP contribution in [0.4, 0.5) is 18.9 Å². The van der Waals surface area contributed by atoms with E-state index in [4.69, 9.17) is 5.73 Å². The van der Waals surface area contributed by atoms with Crippen molar-refractivity contribution in [1.82, 2.24) is 0 Å². The van der Waals surface area contributed by atoms with Crippen molar-refractivity contribution in [1.29, 1.82) is 0 Å².